The Morgan fingerprint density at radius 2 is 1.69 bits per heavy atom. The van der Waals surface area contributed by atoms with Gasteiger partial charge in [-0.25, -0.2) is 13.4 Å². The van der Waals surface area contributed by atoms with Crippen molar-refractivity contribution in [2.24, 2.45) is 0 Å². The van der Waals surface area contributed by atoms with Gasteiger partial charge in [-0.2, -0.15) is 4.31 Å². The molecule has 0 bridgehead atoms. The molecule has 2 saturated heterocycles. The SMILES string of the molecule is O=C(c1ccccc1S(=O)(=O)N1CCOCC1)N1CCN(c2cnccn2)CC1. The molecule has 0 radical (unpaired) electrons. The largest absolute Gasteiger partial charge is 0.379 e. The van der Waals surface area contributed by atoms with Gasteiger partial charge in [-0.15, -0.1) is 0 Å². The van der Waals surface area contributed by atoms with Crippen molar-refractivity contribution in [2.75, 3.05) is 57.4 Å². The van der Waals surface area contributed by atoms with E-state index in [0.29, 0.717) is 52.5 Å². The Balaban J connectivity index is 1.51. The van der Waals surface area contributed by atoms with Crippen LogP contribution >= 0.6 is 0 Å². The van der Waals surface area contributed by atoms with E-state index in [2.05, 4.69) is 14.9 Å². The van der Waals surface area contributed by atoms with Crippen LogP contribution in [0, 0.1) is 0 Å². The minimum absolute atomic E-state index is 0.0586. The van der Waals surface area contributed by atoms with Crippen LogP contribution in [0.3, 0.4) is 0 Å². The lowest BCUT2D eigenvalue weighted by atomic mass is 10.2. The maximum Gasteiger partial charge on any atom is 0.255 e. The van der Waals surface area contributed by atoms with Gasteiger partial charge in [0.15, 0.2) is 0 Å². The fraction of sp³-hybridized carbons (Fsp3) is 0.421. The molecule has 2 aromatic rings. The summed E-state index contributed by atoms with van der Waals surface area (Å²) in [4.78, 5) is 25.4. The quantitative estimate of drug-likeness (QED) is 0.713. The fourth-order valence-electron chi connectivity index (χ4n) is 3.56. The van der Waals surface area contributed by atoms with Crippen LogP contribution in [-0.2, 0) is 14.8 Å². The first-order chi connectivity index (χ1) is 14.1. The van der Waals surface area contributed by atoms with Crippen LogP contribution in [-0.4, -0.2) is 86.0 Å². The maximum absolute atomic E-state index is 13.2. The van der Waals surface area contributed by atoms with Gasteiger partial charge in [0.2, 0.25) is 10.0 Å². The second kappa shape index (κ2) is 8.44. The minimum atomic E-state index is -3.75. The monoisotopic (exact) mass is 417 g/mol. The van der Waals surface area contributed by atoms with E-state index >= 15 is 0 Å². The Hall–Kier alpha value is -2.56. The molecule has 1 aromatic heterocycles. The van der Waals surface area contributed by atoms with Gasteiger partial charge >= 0.3 is 0 Å². The van der Waals surface area contributed by atoms with Gasteiger partial charge in [-0.1, -0.05) is 12.1 Å². The third-order valence-corrected chi connectivity index (χ3v) is 7.10. The van der Waals surface area contributed by atoms with Crippen molar-refractivity contribution in [2.45, 2.75) is 4.90 Å². The standard InChI is InChI=1S/C19H23N5O4S/c25-19(23-9-7-22(8-10-23)18-15-20-5-6-21-18)16-3-1-2-4-17(16)29(26,27)24-11-13-28-14-12-24/h1-6,15H,7-14H2. The van der Waals surface area contributed by atoms with Gasteiger partial charge in [0.25, 0.3) is 5.91 Å². The number of sulfonamides is 1. The van der Waals surface area contributed by atoms with Crippen molar-refractivity contribution in [3.63, 3.8) is 0 Å². The van der Waals surface area contributed by atoms with E-state index in [4.69, 9.17) is 4.74 Å². The zero-order valence-corrected chi connectivity index (χ0v) is 16.8. The molecule has 2 aliphatic heterocycles. The average Bonchev–Trinajstić information content (AvgIpc) is 2.80. The van der Waals surface area contributed by atoms with E-state index in [1.54, 1.807) is 41.7 Å². The highest BCUT2D eigenvalue weighted by Crippen LogP contribution is 2.23. The van der Waals surface area contributed by atoms with Crippen molar-refractivity contribution >= 4 is 21.7 Å². The summed E-state index contributed by atoms with van der Waals surface area (Å²) in [7, 11) is -3.75. The molecule has 0 atom stereocenters. The molecule has 0 unspecified atom stereocenters. The molecule has 0 N–H and O–H groups in total. The molecule has 1 aromatic carbocycles. The highest BCUT2D eigenvalue weighted by molar-refractivity contribution is 7.89. The number of rotatable bonds is 4. The van der Waals surface area contributed by atoms with E-state index in [0.717, 1.165) is 5.82 Å². The van der Waals surface area contributed by atoms with E-state index in [1.165, 1.54) is 10.4 Å². The lowest BCUT2D eigenvalue weighted by molar-refractivity contribution is 0.0722. The predicted molar refractivity (Wildman–Crippen MR) is 106 cm³/mol. The molecule has 3 heterocycles. The van der Waals surface area contributed by atoms with Crippen LogP contribution in [0.1, 0.15) is 10.4 Å². The Morgan fingerprint density at radius 1 is 0.966 bits per heavy atom. The summed E-state index contributed by atoms with van der Waals surface area (Å²) >= 11 is 0. The molecule has 2 fully saturated rings. The molecule has 10 heteroatoms. The number of carbonyl (C=O) groups excluding carboxylic acids is 1. The number of piperazine rings is 1. The van der Waals surface area contributed by atoms with Crippen molar-refractivity contribution < 1.29 is 17.9 Å². The molecule has 29 heavy (non-hydrogen) atoms. The molecule has 9 nitrogen and oxygen atoms in total. The topological polar surface area (TPSA) is 95.9 Å². The summed E-state index contributed by atoms with van der Waals surface area (Å²) in [5, 5.41) is 0. The minimum Gasteiger partial charge on any atom is -0.379 e. The Morgan fingerprint density at radius 3 is 2.38 bits per heavy atom. The molecule has 1 amide bonds. The zero-order valence-electron chi connectivity index (χ0n) is 16.0. The number of aromatic nitrogens is 2. The molecule has 0 aliphatic carbocycles. The van der Waals surface area contributed by atoms with Crippen LogP contribution in [0.5, 0.6) is 0 Å². The average molecular weight is 417 g/mol. The number of hydrogen-bond donors (Lipinski definition) is 0. The summed E-state index contributed by atoms with van der Waals surface area (Å²) in [6.45, 7) is 3.51. The number of morpholine rings is 1. The Kier molecular flexibility index (Phi) is 5.74. The van der Waals surface area contributed by atoms with Crippen molar-refractivity contribution in [3.05, 3.63) is 48.4 Å². The van der Waals surface area contributed by atoms with E-state index in [-0.39, 0.29) is 16.4 Å². The first kappa shape index (κ1) is 19.7. The zero-order chi connectivity index (χ0) is 20.3. The predicted octanol–water partition coefficient (Wildman–Crippen LogP) is 0.460. The molecular formula is C19H23N5O4S. The van der Waals surface area contributed by atoms with E-state index in [9.17, 15) is 13.2 Å². The molecule has 4 rings (SSSR count). The second-order valence-corrected chi connectivity index (χ2v) is 8.76. The fourth-order valence-corrected chi connectivity index (χ4v) is 5.15. The first-order valence-corrected chi connectivity index (χ1v) is 11.0. The number of anilines is 1. The number of hydrogen-bond acceptors (Lipinski definition) is 7. The van der Waals surface area contributed by atoms with Crippen molar-refractivity contribution in [3.8, 4) is 0 Å². The summed E-state index contributed by atoms with van der Waals surface area (Å²) in [5.41, 5.74) is 0.215. The highest BCUT2D eigenvalue weighted by Gasteiger charge is 2.32. The highest BCUT2D eigenvalue weighted by atomic mass is 32.2. The summed E-state index contributed by atoms with van der Waals surface area (Å²) in [5.74, 6) is 0.506. The van der Waals surface area contributed by atoms with E-state index in [1.807, 2.05) is 0 Å². The maximum atomic E-state index is 13.2. The summed E-state index contributed by atoms with van der Waals surface area (Å²) < 4.78 is 32.9. The van der Waals surface area contributed by atoms with Crippen LogP contribution < -0.4 is 4.90 Å². The van der Waals surface area contributed by atoms with Gasteiger partial charge in [0, 0.05) is 51.7 Å². The molecular weight excluding hydrogens is 394 g/mol. The molecule has 2 aliphatic rings. The van der Waals surface area contributed by atoms with Gasteiger partial charge in [-0.05, 0) is 12.1 Å². The summed E-state index contributed by atoms with van der Waals surface area (Å²) in [6.07, 6.45) is 4.95. The molecule has 0 saturated carbocycles. The molecule has 0 spiro atoms. The third kappa shape index (κ3) is 4.09. The van der Waals surface area contributed by atoms with Crippen LogP contribution in [0.15, 0.2) is 47.8 Å². The number of benzene rings is 1. The van der Waals surface area contributed by atoms with Gasteiger partial charge in [-0.3, -0.25) is 9.78 Å². The summed E-state index contributed by atoms with van der Waals surface area (Å²) in [6, 6.07) is 6.44. The second-order valence-electron chi connectivity index (χ2n) is 6.86. The number of nitrogens with zero attached hydrogens (tertiary/aromatic N) is 5. The van der Waals surface area contributed by atoms with Gasteiger partial charge in [0.1, 0.15) is 5.82 Å². The van der Waals surface area contributed by atoms with Gasteiger partial charge < -0.3 is 14.5 Å². The number of amides is 1. The Labute approximate surface area is 170 Å². The van der Waals surface area contributed by atoms with Gasteiger partial charge in [0.05, 0.1) is 29.9 Å². The van der Waals surface area contributed by atoms with Crippen molar-refractivity contribution in [1.82, 2.24) is 19.2 Å². The van der Waals surface area contributed by atoms with E-state index < -0.39 is 10.0 Å². The lowest BCUT2D eigenvalue weighted by Crippen LogP contribution is -2.49. The first-order valence-electron chi connectivity index (χ1n) is 9.54. The van der Waals surface area contributed by atoms with Crippen molar-refractivity contribution in [1.29, 1.82) is 0 Å². The molecule has 154 valence electrons. The van der Waals surface area contributed by atoms with Crippen LogP contribution in [0.2, 0.25) is 0 Å². The van der Waals surface area contributed by atoms with Crippen LogP contribution in [0.4, 0.5) is 5.82 Å². The normalized spacial score (nSPS) is 18.6. The Bertz CT molecular complexity index is 956. The lowest BCUT2D eigenvalue weighted by Gasteiger charge is -2.35. The number of carbonyl (C=O) groups is 1. The third-order valence-electron chi connectivity index (χ3n) is 5.15. The smallest absolute Gasteiger partial charge is 0.255 e. The number of ether oxygens (including phenoxy) is 1. The van der Waals surface area contributed by atoms with Crippen LogP contribution in [0.25, 0.3) is 0 Å².